The smallest absolute Gasteiger partial charge is 0.264 e. The number of halogens is 2. The molecule has 4 atom stereocenters. The van der Waals surface area contributed by atoms with Gasteiger partial charge in [0.2, 0.25) is 23.6 Å². The molecule has 0 spiro atoms. The predicted molar refractivity (Wildman–Crippen MR) is 242 cm³/mol. The number of rotatable bonds is 22. The van der Waals surface area contributed by atoms with Crippen LogP contribution in [0.25, 0.3) is 11.1 Å². The summed E-state index contributed by atoms with van der Waals surface area (Å²) >= 11 is 0. The Hall–Kier alpha value is -6.16. The van der Waals surface area contributed by atoms with Crippen LogP contribution in [-0.2, 0) is 32.0 Å². The minimum Gasteiger partial charge on any atom is -0.492 e. The molecule has 0 radical (unpaired) electrons. The molecule has 1 aliphatic rings. The third kappa shape index (κ3) is 14.4. The Kier molecular flexibility index (Phi) is 20.6. The Balaban J connectivity index is 1.79. The van der Waals surface area contributed by atoms with Crippen molar-refractivity contribution in [3.05, 3.63) is 82.4 Å². The molecular weight excluding hydrogens is 841 g/mol. The Morgan fingerprint density at radius 3 is 2.18 bits per heavy atom. The molecule has 0 aliphatic carbocycles. The van der Waals surface area contributed by atoms with Gasteiger partial charge in [0.1, 0.15) is 55.4 Å². The molecule has 65 heavy (non-hydrogen) atoms. The summed E-state index contributed by atoms with van der Waals surface area (Å²) in [4.78, 5) is 71.0. The van der Waals surface area contributed by atoms with Gasteiger partial charge in [-0.05, 0) is 85.8 Å². The summed E-state index contributed by atoms with van der Waals surface area (Å²) in [6.45, 7) is 3.67. The molecule has 0 fully saturated rings. The number of alkyl halides is 2. The maximum absolute atomic E-state index is 14.6. The van der Waals surface area contributed by atoms with Crippen molar-refractivity contribution in [2.24, 2.45) is 17.2 Å². The highest BCUT2D eigenvalue weighted by atomic mass is 19.3. The van der Waals surface area contributed by atoms with Gasteiger partial charge in [0.25, 0.3) is 12.3 Å². The van der Waals surface area contributed by atoms with Crippen LogP contribution in [0.3, 0.4) is 0 Å². The van der Waals surface area contributed by atoms with Crippen molar-refractivity contribution >= 4 is 29.5 Å². The number of fused-ring (bicyclic) bond motifs is 5. The molecule has 16 nitrogen and oxygen atoms in total. The molecule has 4 bridgehead atoms. The Bertz CT molecular complexity index is 2150. The van der Waals surface area contributed by atoms with Crippen LogP contribution >= 0.6 is 0 Å². The molecule has 0 saturated heterocycles. The number of hydrogen-bond donors (Lipinski definition) is 7. The van der Waals surface area contributed by atoms with Crippen LogP contribution < -0.4 is 47.9 Å². The van der Waals surface area contributed by atoms with E-state index < -0.39 is 65.7 Å². The average molecular weight is 904 g/mol. The fourth-order valence-electron chi connectivity index (χ4n) is 7.63. The standard InChI is InChI=1S/C47H63F2N9O7/c1-4-5-6-7-8-9-10-30-11-14-33(36(25-30)42(48)49)44(60)56-37(17-18-50)47(63)58(3)41-32-13-16-40(65-24-21-53)35(28-32)34-26-31(12-15-39(34)64-23-20-52)27-38(45(61)54-22-19-51)57-43(59)29(2)55-46(41)62/h11-16,25-26,28-29,37-38,41-42H,4-10,17-18,20-24,27,50,52-53H2,1-3H3,(H,54,61)(H,55,62)(H,56,60)(H,57,59)/t29-,37-,38-,41-/m0/s1. The summed E-state index contributed by atoms with van der Waals surface area (Å²) in [7, 11) is 1.34. The second-order valence-corrected chi connectivity index (χ2v) is 15.9. The quantitative estimate of drug-likeness (QED) is 0.0565. The highest BCUT2D eigenvalue weighted by Gasteiger charge is 2.36. The fraction of sp³-hybridized carbons (Fsp3) is 0.489. The lowest BCUT2D eigenvalue weighted by molar-refractivity contribution is -0.141. The van der Waals surface area contributed by atoms with E-state index in [9.17, 15) is 32.8 Å². The number of ether oxygens (including phenoxy) is 2. The zero-order valence-electron chi connectivity index (χ0n) is 37.4. The first-order valence-corrected chi connectivity index (χ1v) is 22.1. The highest BCUT2D eigenvalue weighted by molar-refractivity contribution is 6.00. The summed E-state index contributed by atoms with van der Waals surface area (Å²) in [6.07, 6.45) is 3.65. The van der Waals surface area contributed by atoms with E-state index in [2.05, 4.69) is 28.2 Å². The topological polar surface area (TPSA) is 257 Å². The number of benzene rings is 3. The van der Waals surface area contributed by atoms with Gasteiger partial charge in [-0.15, -0.1) is 0 Å². The van der Waals surface area contributed by atoms with E-state index in [1.807, 2.05) is 6.07 Å². The van der Waals surface area contributed by atoms with E-state index in [1.165, 1.54) is 26.1 Å². The van der Waals surface area contributed by atoms with Crippen molar-refractivity contribution in [3.63, 3.8) is 0 Å². The molecular formula is C47H63F2N9O7. The zero-order valence-corrected chi connectivity index (χ0v) is 37.4. The number of nitrogens with zero attached hydrogens (tertiary/aromatic N) is 2. The summed E-state index contributed by atoms with van der Waals surface area (Å²) in [5, 5.41) is 19.5. The number of carbonyl (C=O) groups excluding carboxylic acids is 5. The Morgan fingerprint density at radius 1 is 0.877 bits per heavy atom. The summed E-state index contributed by atoms with van der Waals surface area (Å²) in [5.74, 6) is -3.22. The number of nitrogens with two attached hydrogens (primary N) is 3. The molecule has 0 saturated carbocycles. The summed E-state index contributed by atoms with van der Waals surface area (Å²) in [6, 6.07) is 10.7. The van der Waals surface area contributed by atoms with Crippen LogP contribution in [0.1, 0.15) is 104 Å². The van der Waals surface area contributed by atoms with Gasteiger partial charge in [0.05, 0.1) is 6.07 Å². The predicted octanol–water partition coefficient (Wildman–Crippen LogP) is 3.70. The molecule has 0 unspecified atom stereocenters. The lowest BCUT2D eigenvalue weighted by Gasteiger charge is -2.32. The van der Waals surface area contributed by atoms with E-state index in [-0.39, 0.29) is 63.4 Å². The Labute approximate surface area is 379 Å². The molecule has 1 heterocycles. The van der Waals surface area contributed by atoms with Crippen molar-refractivity contribution in [1.82, 2.24) is 26.2 Å². The van der Waals surface area contributed by atoms with Gasteiger partial charge < -0.3 is 52.8 Å². The first-order valence-electron chi connectivity index (χ1n) is 22.1. The van der Waals surface area contributed by atoms with E-state index in [0.29, 0.717) is 40.2 Å². The number of nitriles is 1. The lowest BCUT2D eigenvalue weighted by Crippen LogP contribution is -2.56. The summed E-state index contributed by atoms with van der Waals surface area (Å²) < 4.78 is 41.1. The molecule has 18 heteroatoms. The van der Waals surface area contributed by atoms with Gasteiger partial charge in [0.15, 0.2) is 0 Å². The van der Waals surface area contributed by atoms with Gasteiger partial charge in [-0.1, -0.05) is 57.2 Å². The van der Waals surface area contributed by atoms with Crippen molar-refractivity contribution < 1.29 is 42.2 Å². The molecule has 10 N–H and O–H groups in total. The van der Waals surface area contributed by atoms with E-state index >= 15 is 0 Å². The molecule has 3 aromatic rings. The zero-order chi connectivity index (χ0) is 47.5. The van der Waals surface area contributed by atoms with E-state index in [4.69, 9.17) is 31.9 Å². The van der Waals surface area contributed by atoms with Crippen LogP contribution in [0.4, 0.5) is 8.78 Å². The number of nitrogens with one attached hydrogen (secondary N) is 4. The van der Waals surface area contributed by atoms with Crippen molar-refractivity contribution in [1.29, 1.82) is 5.26 Å². The number of likely N-dealkylation sites (N-methyl/N-ethyl adjacent to an activating group) is 1. The number of aryl methyl sites for hydroxylation is 1. The number of unbranched alkanes of at least 4 members (excludes halogenated alkanes) is 5. The highest BCUT2D eigenvalue weighted by Crippen LogP contribution is 2.40. The van der Waals surface area contributed by atoms with Crippen molar-refractivity contribution in [2.45, 2.75) is 102 Å². The largest absolute Gasteiger partial charge is 0.492 e. The number of carbonyl (C=O) groups is 5. The monoisotopic (exact) mass is 903 g/mol. The third-order valence-corrected chi connectivity index (χ3v) is 11.0. The van der Waals surface area contributed by atoms with Crippen LogP contribution in [0.15, 0.2) is 54.6 Å². The van der Waals surface area contributed by atoms with E-state index in [1.54, 1.807) is 42.5 Å². The van der Waals surface area contributed by atoms with Crippen molar-refractivity contribution in [2.75, 3.05) is 46.4 Å². The Morgan fingerprint density at radius 2 is 1.54 bits per heavy atom. The van der Waals surface area contributed by atoms with Gasteiger partial charge in [-0.3, -0.25) is 24.0 Å². The van der Waals surface area contributed by atoms with Crippen LogP contribution in [0.2, 0.25) is 0 Å². The van der Waals surface area contributed by atoms with Gasteiger partial charge in [-0.2, -0.15) is 5.26 Å². The second kappa shape index (κ2) is 26.0. The molecule has 4 rings (SSSR count). The van der Waals surface area contributed by atoms with E-state index in [0.717, 1.165) is 43.4 Å². The van der Waals surface area contributed by atoms with Gasteiger partial charge in [-0.25, -0.2) is 8.78 Å². The minimum absolute atomic E-state index is 0.0250. The molecule has 5 amide bonds. The van der Waals surface area contributed by atoms with Crippen molar-refractivity contribution in [3.8, 4) is 28.7 Å². The molecule has 1 aliphatic heterocycles. The van der Waals surface area contributed by atoms with Gasteiger partial charge >= 0.3 is 0 Å². The maximum atomic E-state index is 14.6. The average Bonchev–Trinajstić information content (AvgIpc) is 3.29. The maximum Gasteiger partial charge on any atom is 0.264 e. The molecule has 352 valence electrons. The summed E-state index contributed by atoms with van der Waals surface area (Å²) in [5.41, 5.74) is 19.2. The molecule has 0 aromatic heterocycles. The SMILES string of the molecule is CCCCCCCCc1ccc(C(=O)N[C@@H](CCN)C(=O)N(C)[C@@H]2C(=O)N[C@@H](C)C(=O)N[C@H](C(=O)NCC#N)Cc3ccc(OCCN)c(c3)-c3cc2ccc3OCCN)c(C(F)F)c1. The minimum atomic E-state index is -2.98. The van der Waals surface area contributed by atoms with Crippen LogP contribution in [0.5, 0.6) is 11.5 Å². The fourth-order valence-corrected chi connectivity index (χ4v) is 7.63. The lowest BCUT2D eigenvalue weighted by atomic mass is 9.93. The normalized spacial score (nSPS) is 16.6. The number of amides is 5. The second-order valence-electron chi connectivity index (χ2n) is 15.9. The molecule has 3 aromatic carbocycles. The first kappa shape index (κ1) is 51.5. The third-order valence-electron chi connectivity index (χ3n) is 11.0. The van der Waals surface area contributed by atoms with Gasteiger partial charge in [0, 0.05) is 48.8 Å². The first-order chi connectivity index (χ1) is 31.3. The number of hydrogen-bond acceptors (Lipinski definition) is 11. The van der Waals surface area contributed by atoms with Crippen LogP contribution in [0, 0.1) is 11.3 Å². The van der Waals surface area contributed by atoms with Crippen LogP contribution in [-0.4, -0.2) is 99.0 Å².